The quantitative estimate of drug-likeness (QED) is 0.240. The van der Waals surface area contributed by atoms with Crippen LogP contribution in [0.3, 0.4) is 0 Å². The Kier molecular flexibility index (Phi) is 15.2. The Morgan fingerprint density at radius 3 is 2.47 bits per heavy atom. The number of nitrogens with one attached hydrogen (secondary N) is 1. The van der Waals surface area contributed by atoms with Crippen LogP contribution >= 0.6 is 0 Å². The van der Waals surface area contributed by atoms with Gasteiger partial charge in [0.25, 0.3) is 0 Å². The average molecular weight is 515 g/mol. The maximum absolute atomic E-state index is 12.8. The minimum absolute atomic E-state index is 0. The molecule has 0 radical (unpaired) electrons. The summed E-state index contributed by atoms with van der Waals surface area (Å²) < 4.78 is 10.3. The fourth-order valence-electron chi connectivity index (χ4n) is 3.38. The Balaban J connectivity index is 0.00000512. The fraction of sp³-hybridized carbons (Fsp3) is 0.542. The number of carbonyl (C=O) groups excluding carboxylic acids is 3. The van der Waals surface area contributed by atoms with Gasteiger partial charge in [-0.15, -0.1) is 6.54 Å². The molecule has 0 aromatic heterocycles. The van der Waals surface area contributed by atoms with Crippen molar-refractivity contribution in [3.05, 3.63) is 52.0 Å². The van der Waals surface area contributed by atoms with Crippen molar-refractivity contribution in [3.8, 4) is 0 Å². The van der Waals surface area contributed by atoms with E-state index in [0.29, 0.717) is 31.6 Å². The van der Waals surface area contributed by atoms with Crippen molar-refractivity contribution in [2.75, 3.05) is 26.9 Å². The molecule has 7 nitrogen and oxygen atoms in total. The molecule has 1 aromatic carbocycles. The number of benzene rings is 1. The molecule has 1 aliphatic carbocycles. The molecule has 0 bridgehead atoms. The summed E-state index contributed by atoms with van der Waals surface area (Å²) >= 11 is 0. The minimum Gasteiger partial charge on any atom is -0.648 e. The van der Waals surface area contributed by atoms with Gasteiger partial charge < -0.3 is 24.9 Å². The van der Waals surface area contributed by atoms with Gasteiger partial charge in [0, 0.05) is 36.7 Å². The molecule has 0 atom stereocenters. The van der Waals surface area contributed by atoms with Crippen molar-refractivity contribution in [1.82, 2.24) is 5.32 Å². The summed E-state index contributed by atoms with van der Waals surface area (Å²) in [7, 11) is 1.86. The van der Waals surface area contributed by atoms with Crippen LogP contribution in [-0.2, 0) is 25.6 Å². The van der Waals surface area contributed by atoms with E-state index in [1.165, 1.54) is 0 Å². The second kappa shape index (κ2) is 16.7. The monoisotopic (exact) mass is 514 g/mol. The van der Waals surface area contributed by atoms with E-state index in [0.717, 1.165) is 48.9 Å². The van der Waals surface area contributed by atoms with Crippen LogP contribution < -0.4 is 63.5 Å². The molecule has 1 aliphatic rings. The molecule has 1 aromatic rings. The first-order valence-electron chi connectivity index (χ1n) is 11.0. The van der Waals surface area contributed by atoms with Gasteiger partial charge in [0.2, 0.25) is 0 Å². The zero-order valence-corrected chi connectivity index (χ0v) is 24.5. The second-order valence-corrected chi connectivity index (χ2v) is 7.53. The molecule has 170 valence electrons. The summed E-state index contributed by atoms with van der Waals surface area (Å²) in [5.41, 5.74) is 3.43. The minimum atomic E-state index is -0.339. The van der Waals surface area contributed by atoms with E-state index in [4.69, 9.17) is 9.47 Å². The molecular formula is C24H33N2O5Rb. The van der Waals surface area contributed by atoms with E-state index in [9.17, 15) is 14.4 Å². The number of nitrogens with zero attached hydrogens (tertiary/aromatic N) is 1. The molecule has 0 fully saturated rings. The number of rotatable bonds is 13. The van der Waals surface area contributed by atoms with Crippen LogP contribution in [0.5, 0.6) is 0 Å². The molecule has 2 rings (SSSR count). The Bertz CT molecular complexity index is 777. The maximum atomic E-state index is 12.8. The van der Waals surface area contributed by atoms with Gasteiger partial charge in [-0.3, -0.25) is 9.59 Å². The predicted molar refractivity (Wildman–Crippen MR) is 119 cm³/mol. The molecular weight excluding hydrogens is 482 g/mol. The van der Waals surface area contributed by atoms with E-state index in [1.807, 2.05) is 26.1 Å². The Labute approximate surface area is 239 Å². The SMILES string of the molecule is CCCC(=O)OCCCOCC(=O)[N-]Cc1ccc(C(=O)C2=C(NC)CCCC2)cc1.[Rb+]. The van der Waals surface area contributed by atoms with Crippen LogP contribution in [0, 0.1) is 0 Å². The molecule has 1 N–H and O–H groups in total. The molecule has 0 unspecified atom stereocenters. The number of allylic oxidation sites excluding steroid dienone is 2. The first kappa shape index (κ1) is 29.2. The van der Waals surface area contributed by atoms with Crippen molar-refractivity contribution in [1.29, 1.82) is 0 Å². The average Bonchev–Trinajstić information content (AvgIpc) is 2.80. The van der Waals surface area contributed by atoms with Crippen LogP contribution in [0.1, 0.15) is 67.8 Å². The number of ether oxygens (including phenoxy) is 2. The molecule has 0 saturated carbocycles. The number of Topliss-reactive ketones (excluding diaryl/α,β-unsaturated/α-hetero) is 1. The van der Waals surface area contributed by atoms with E-state index >= 15 is 0 Å². The van der Waals surface area contributed by atoms with Gasteiger partial charge in [0.1, 0.15) is 0 Å². The summed E-state index contributed by atoms with van der Waals surface area (Å²) in [4.78, 5) is 35.9. The van der Waals surface area contributed by atoms with Crippen molar-refractivity contribution in [3.63, 3.8) is 0 Å². The van der Waals surface area contributed by atoms with E-state index in [-0.39, 0.29) is 89.0 Å². The number of hydrogen-bond acceptors (Lipinski definition) is 6. The van der Waals surface area contributed by atoms with Gasteiger partial charge in [-0.25, -0.2) is 0 Å². The first-order chi connectivity index (χ1) is 15.0. The van der Waals surface area contributed by atoms with Crippen LogP contribution in [0.2, 0.25) is 0 Å². The summed E-state index contributed by atoms with van der Waals surface area (Å²) in [6, 6.07) is 7.25. The topological polar surface area (TPSA) is 95.8 Å². The standard InChI is InChI=1S/C24H34N2O5.Rb/c1-3-7-23(28)31-15-6-14-30-17-22(27)26-16-18-10-12-19(13-11-18)24(29)20-8-4-5-9-21(20)25-2;/h10-13H,3-9,14-17H2,1-2H3,(H2,25,26,27,29);/q;+1/p-1. The third kappa shape index (κ3) is 10.4. The van der Waals surface area contributed by atoms with Gasteiger partial charge in [-0.05, 0) is 32.1 Å². The van der Waals surface area contributed by atoms with Gasteiger partial charge in [0.15, 0.2) is 5.78 Å². The third-order valence-corrected chi connectivity index (χ3v) is 5.07. The van der Waals surface area contributed by atoms with E-state index < -0.39 is 0 Å². The van der Waals surface area contributed by atoms with Crippen molar-refractivity contribution < 1.29 is 82.0 Å². The number of ketones is 1. The summed E-state index contributed by atoms with van der Waals surface area (Å²) in [5.74, 6) is -0.481. The number of esters is 1. The third-order valence-electron chi connectivity index (χ3n) is 5.07. The molecule has 8 heteroatoms. The van der Waals surface area contributed by atoms with Gasteiger partial charge in [-0.2, -0.15) is 0 Å². The summed E-state index contributed by atoms with van der Waals surface area (Å²) in [6.45, 7) is 2.70. The molecule has 1 amide bonds. The van der Waals surface area contributed by atoms with Crippen LogP contribution in [0.15, 0.2) is 35.5 Å². The zero-order chi connectivity index (χ0) is 22.5. The maximum Gasteiger partial charge on any atom is 1.00 e. The predicted octanol–water partition coefficient (Wildman–Crippen LogP) is 1.07. The normalized spacial score (nSPS) is 13.2. The fourth-order valence-corrected chi connectivity index (χ4v) is 3.38. The van der Waals surface area contributed by atoms with Crippen LogP contribution in [-0.4, -0.2) is 44.5 Å². The molecule has 0 heterocycles. The summed E-state index contributed by atoms with van der Waals surface area (Å²) in [5, 5.41) is 7.16. The molecule has 0 aliphatic heterocycles. The van der Waals surface area contributed by atoms with Crippen LogP contribution in [0.25, 0.3) is 5.32 Å². The number of hydrogen-bond donors (Lipinski definition) is 1. The molecule has 32 heavy (non-hydrogen) atoms. The Hall–Kier alpha value is -0.865. The number of carbonyl (C=O) groups is 3. The van der Waals surface area contributed by atoms with Crippen molar-refractivity contribution in [2.45, 2.75) is 58.4 Å². The summed E-state index contributed by atoms with van der Waals surface area (Å²) in [6.07, 6.45) is 5.60. The first-order valence-corrected chi connectivity index (χ1v) is 11.0. The van der Waals surface area contributed by atoms with E-state index in [1.54, 1.807) is 12.1 Å². The smallest absolute Gasteiger partial charge is 0.648 e. The van der Waals surface area contributed by atoms with Gasteiger partial charge in [-0.1, -0.05) is 36.8 Å². The second-order valence-electron chi connectivity index (χ2n) is 7.53. The number of amides is 1. The molecule has 0 spiro atoms. The Morgan fingerprint density at radius 1 is 1.06 bits per heavy atom. The Morgan fingerprint density at radius 2 is 1.78 bits per heavy atom. The van der Waals surface area contributed by atoms with Crippen molar-refractivity contribution >= 4 is 17.7 Å². The van der Waals surface area contributed by atoms with Gasteiger partial charge in [0.05, 0.1) is 25.7 Å². The molecule has 0 saturated heterocycles. The largest absolute Gasteiger partial charge is 1.00 e. The van der Waals surface area contributed by atoms with E-state index in [2.05, 4.69) is 10.6 Å². The zero-order valence-electron chi connectivity index (χ0n) is 19.6. The van der Waals surface area contributed by atoms with Gasteiger partial charge >= 0.3 is 64.2 Å². The van der Waals surface area contributed by atoms with Crippen LogP contribution in [0.4, 0.5) is 0 Å². The van der Waals surface area contributed by atoms with Crippen molar-refractivity contribution in [2.24, 2.45) is 0 Å².